The quantitative estimate of drug-likeness (QED) is 0.723. The van der Waals surface area contributed by atoms with E-state index < -0.39 is 0 Å². The molecule has 0 bridgehead atoms. The second kappa shape index (κ2) is 7.93. The van der Waals surface area contributed by atoms with Crippen molar-refractivity contribution in [1.29, 1.82) is 5.26 Å². The Labute approximate surface area is 155 Å². The summed E-state index contributed by atoms with van der Waals surface area (Å²) in [5, 5.41) is 19.7. The van der Waals surface area contributed by atoms with Crippen LogP contribution in [0.15, 0.2) is 40.5 Å². The second-order valence-corrected chi connectivity index (χ2v) is 6.58. The summed E-state index contributed by atoms with van der Waals surface area (Å²) < 4.78 is 1.35. The molecule has 0 saturated carbocycles. The monoisotopic (exact) mass is 365 g/mol. The fourth-order valence-corrected chi connectivity index (χ4v) is 3.50. The number of aryl methyl sites for hydroxylation is 1. The van der Waals surface area contributed by atoms with Crippen LogP contribution < -0.4 is 10.9 Å². The number of aromatic nitrogens is 3. The zero-order valence-corrected chi connectivity index (χ0v) is 15.5. The number of nitriles is 1. The number of anilines is 2. The SMILES string of the molecule is CCc1nn(Cc2csc(Nc3ccccc3)n2)c(=O)c(C#N)c1CC. The molecule has 3 aromatic rings. The van der Waals surface area contributed by atoms with E-state index in [0.717, 1.165) is 27.8 Å². The maximum absolute atomic E-state index is 12.6. The molecule has 2 heterocycles. The van der Waals surface area contributed by atoms with E-state index in [9.17, 15) is 10.1 Å². The molecule has 3 rings (SSSR count). The molecule has 0 aliphatic heterocycles. The zero-order chi connectivity index (χ0) is 18.5. The fourth-order valence-electron chi connectivity index (χ4n) is 2.78. The van der Waals surface area contributed by atoms with Crippen molar-refractivity contribution in [3.05, 3.63) is 68.6 Å². The van der Waals surface area contributed by atoms with Crippen LogP contribution in [0.1, 0.15) is 36.4 Å². The van der Waals surface area contributed by atoms with Gasteiger partial charge in [0.25, 0.3) is 5.56 Å². The van der Waals surface area contributed by atoms with Crippen molar-refractivity contribution in [3.8, 4) is 6.07 Å². The van der Waals surface area contributed by atoms with Crippen LogP contribution in [0, 0.1) is 11.3 Å². The first-order chi connectivity index (χ1) is 12.7. The summed E-state index contributed by atoms with van der Waals surface area (Å²) in [5.41, 5.74) is 3.07. The van der Waals surface area contributed by atoms with E-state index in [2.05, 4.69) is 21.5 Å². The maximum atomic E-state index is 12.6. The van der Waals surface area contributed by atoms with E-state index >= 15 is 0 Å². The molecule has 0 saturated heterocycles. The molecule has 1 N–H and O–H groups in total. The van der Waals surface area contributed by atoms with Crippen LogP contribution in [0.3, 0.4) is 0 Å². The van der Waals surface area contributed by atoms with Crippen LogP contribution in [-0.4, -0.2) is 14.8 Å². The van der Waals surface area contributed by atoms with Crippen molar-refractivity contribution in [1.82, 2.24) is 14.8 Å². The highest BCUT2D eigenvalue weighted by atomic mass is 32.1. The molecule has 0 aliphatic carbocycles. The summed E-state index contributed by atoms with van der Waals surface area (Å²) in [6.07, 6.45) is 1.30. The van der Waals surface area contributed by atoms with Crippen molar-refractivity contribution in [2.45, 2.75) is 33.2 Å². The molecule has 0 radical (unpaired) electrons. The molecule has 1 aromatic carbocycles. The van der Waals surface area contributed by atoms with Crippen molar-refractivity contribution in [2.75, 3.05) is 5.32 Å². The minimum Gasteiger partial charge on any atom is -0.332 e. The van der Waals surface area contributed by atoms with Crippen LogP contribution in [-0.2, 0) is 19.4 Å². The van der Waals surface area contributed by atoms with Gasteiger partial charge in [-0.1, -0.05) is 32.0 Å². The van der Waals surface area contributed by atoms with E-state index in [1.807, 2.05) is 49.6 Å². The van der Waals surface area contributed by atoms with E-state index in [4.69, 9.17) is 0 Å². The van der Waals surface area contributed by atoms with Gasteiger partial charge in [-0.3, -0.25) is 4.79 Å². The number of hydrogen-bond acceptors (Lipinski definition) is 6. The van der Waals surface area contributed by atoms with Gasteiger partial charge in [-0.05, 0) is 30.5 Å². The average molecular weight is 365 g/mol. The molecule has 0 unspecified atom stereocenters. The van der Waals surface area contributed by atoms with Gasteiger partial charge in [0, 0.05) is 11.1 Å². The molecule has 6 nitrogen and oxygen atoms in total. The molecular formula is C19H19N5OS. The average Bonchev–Trinajstić information content (AvgIpc) is 3.10. The Morgan fingerprint density at radius 1 is 1.23 bits per heavy atom. The molecule has 2 aromatic heterocycles. The van der Waals surface area contributed by atoms with Gasteiger partial charge in [0.05, 0.1) is 17.9 Å². The van der Waals surface area contributed by atoms with Gasteiger partial charge in [-0.2, -0.15) is 10.4 Å². The predicted octanol–water partition coefficient (Wildman–Crippen LogP) is 3.49. The number of nitrogens with zero attached hydrogens (tertiary/aromatic N) is 4. The van der Waals surface area contributed by atoms with Gasteiger partial charge in [-0.25, -0.2) is 9.67 Å². The lowest BCUT2D eigenvalue weighted by atomic mass is 10.0. The van der Waals surface area contributed by atoms with Gasteiger partial charge in [0.2, 0.25) is 0 Å². The third-order valence-electron chi connectivity index (χ3n) is 4.03. The van der Waals surface area contributed by atoms with E-state index in [1.165, 1.54) is 16.0 Å². The van der Waals surface area contributed by atoms with Crippen LogP contribution in [0.4, 0.5) is 10.8 Å². The van der Waals surface area contributed by atoms with Crippen molar-refractivity contribution >= 4 is 22.2 Å². The summed E-state index contributed by atoms with van der Waals surface area (Å²) >= 11 is 1.47. The van der Waals surface area contributed by atoms with Crippen LogP contribution in [0.5, 0.6) is 0 Å². The highest BCUT2D eigenvalue weighted by Gasteiger charge is 2.16. The third-order valence-corrected chi connectivity index (χ3v) is 4.84. The summed E-state index contributed by atoms with van der Waals surface area (Å²) in [5.74, 6) is 0. The molecule has 7 heteroatoms. The first-order valence-corrected chi connectivity index (χ1v) is 9.33. The van der Waals surface area contributed by atoms with Crippen molar-refractivity contribution in [2.24, 2.45) is 0 Å². The smallest absolute Gasteiger partial charge is 0.285 e. The molecule has 0 amide bonds. The number of para-hydroxylation sites is 1. The third kappa shape index (κ3) is 3.65. The Morgan fingerprint density at radius 3 is 2.65 bits per heavy atom. The highest BCUT2D eigenvalue weighted by molar-refractivity contribution is 7.13. The van der Waals surface area contributed by atoms with E-state index in [1.54, 1.807) is 0 Å². The normalized spacial score (nSPS) is 10.5. The largest absolute Gasteiger partial charge is 0.332 e. The Morgan fingerprint density at radius 2 is 2.00 bits per heavy atom. The number of hydrogen-bond donors (Lipinski definition) is 1. The number of benzene rings is 1. The van der Waals surface area contributed by atoms with Crippen molar-refractivity contribution < 1.29 is 0 Å². The Balaban J connectivity index is 1.88. The first kappa shape index (κ1) is 17.8. The molecule has 0 aliphatic rings. The molecule has 132 valence electrons. The minimum absolute atomic E-state index is 0.192. The summed E-state index contributed by atoms with van der Waals surface area (Å²) in [6, 6.07) is 11.8. The maximum Gasteiger partial charge on any atom is 0.285 e. The van der Waals surface area contributed by atoms with Gasteiger partial charge in [0.15, 0.2) is 5.13 Å². The predicted molar refractivity (Wildman–Crippen MR) is 103 cm³/mol. The molecular weight excluding hydrogens is 346 g/mol. The lowest BCUT2D eigenvalue weighted by molar-refractivity contribution is 0.605. The summed E-state index contributed by atoms with van der Waals surface area (Å²) in [6.45, 7) is 4.16. The van der Waals surface area contributed by atoms with Crippen LogP contribution >= 0.6 is 11.3 Å². The lowest BCUT2D eigenvalue weighted by Gasteiger charge is -2.11. The van der Waals surface area contributed by atoms with Crippen LogP contribution in [0.25, 0.3) is 0 Å². The molecule has 0 spiro atoms. The van der Waals surface area contributed by atoms with Crippen LogP contribution in [0.2, 0.25) is 0 Å². The van der Waals surface area contributed by atoms with Gasteiger partial charge in [-0.15, -0.1) is 11.3 Å². The minimum atomic E-state index is -0.355. The van der Waals surface area contributed by atoms with E-state index in [-0.39, 0.29) is 17.7 Å². The Hall–Kier alpha value is -2.98. The molecule has 26 heavy (non-hydrogen) atoms. The first-order valence-electron chi connectivity index (χ1n) is 8.45. The summed E-state index contributed by atoms with van der Waals surface area (Å²) in [4.78, 5) is 17.1. The van der Waals surface area contributed by atoms with Gasteiger partial charge >= 0.3 is 0 Å². The lowest BCUT2D eigenvalue weighted by Crippen LogP contribution is -2.29. The van der Waals surface area contributed by atoms with Crippen molar-refractivity contribution in [3.63, 3.8) is 0 Å². The fraction of sp³-hybridized carbons (Fsp3) is 0.263. The number of rotatable bonds is 6. The highest BCUT2D eigenvalue weighted by Crippen LogP contribution is 2.21. The second-order valence-electron chi connectivity index (χ2n) is 5.72. The number of nitrogens with one attached hydrogen (secondary N) is 1. The Kier molecular flexibility index (Phi) is 5.44. The molecule has 0 fully saturated rings. The Bertz CT molecular complexity index is 1000. The number of thiazole rings is 1. The molecule has 0 atom stereocenters. The zero-order valence-electron chi connectivity index (χ0n) is 14.7. The van der Waals surface area contributed by atoms with Gasteiger partial charge < -0.3 is 5.32 Å². The standard InChI is InChI=1S/C19H19N5OS/c1-3-15-16(10-20)18(25)24(23-17(15)4-2)11-14-12-26-19(22-14)21-13-8-6-5-7-9-13/h5-9,12H,3-4,11H2,1-2H3,(H,21,22). The van der Waals surface area contributed by atoms with E-state index in [0.29, 0.717) is 12.8 Å². The topological polar surface area (TPSA) is 83.6 Å². The van der Waals surface area contributed by atoms with Gasteiger partial charge in [0.1, 0.15) is 11.6 Å². The summed E-state index contributed by atoms with van der Waals surface area (Å²) in [7, 11) is 0.